The molecule has 0 saturated carbocycles. The number of likely N-dealkylation sites (tertiary alicyclic amines) is 1. The quantitative estimate of drug-likeness (QED) is 0.907. The third-order valence-corrected chi connectivity index (χ3v) is 4.38. The highest BCUT2D eigenvalue weighted by molar-refractivity contribution is 5.78. The number of carbonyl (C=O) groups is 1. The second-order valence-electron chi connectivity index (χ2n) is 6.00. The first kappa shape index (κ1) is 16.9. The van der Waals surface area contributed by atoms with Gasteiger partial charge in [-0.1, -0.05) is 19.1 Å². The number of aliphatic hydroxyl groups excluding tert-OH is 1. The molecular weight excluding hydrogens is 283 g/mol. The molecule has 0 aliphatic carbocycles. The maximum atomic E-state index is 13.0. The van der Waals surface area contributed by atoms with E-state index in [2.05, 4.69) is 6.92 Å². The van der Waals surface area contributed by atoms with Crippen molar-refractivity contribution in [2.75, 3.05) is 26.7 Å². The van der Waals surface area contributed by atoms with Crippen LogP contribution in [0, 0.1) is 5.82 Å². The van der Waals surface area contributed by atoms with Crippen LogP contribution in [0.1, 0.15) is 37.8 Å². The van der Waals surface area contributed by atoms with Gasteiger partial charge in [0, 0.05) is 19.1 Å². The van der Waals surface area contributed by atoms with E-state index in [0.717, 1.165) is 12.0 Å². The van der Waals surface area contributed by atoms with Gasteiger partial charge in [0.1, 0.15) is 5.82 Å². The Hall–Kier alpha value is -1.46. The van der Waals surface area contributed by atoms with E-state index in [1.54, 1.807) is 12.1 Å². The summed E-state index contributed by atoms with van der Waals surface area (Å²) >= 11 is 0. The number of aliphatic hydroxyl groups is 1. The number of likely N-dealkylation sites (N-methyl/N-ethyl adjacent to an activating group) is 1. The normalized spacial score (nSPS) is 17.8. The fraction of sp³-hybridized carbons (Fsp3) is 0.588. The van der Waals surface area contributed by atoms with Crippen LogP contribution in [0.2, 0.25) is 0 Å². The summed E-state index contributed by atoms with van der Waals surface area (Å²) in [5, 5.41) is 9.51. The molecule has 1 N–H and O–H groups in total. The first-order valence-corrected chi connectivity index (χ1v) is 7.92. The molecule has 1 aromatic carbocycles. The van der Waals surface area contributed by atoms with E-state index >= 15 is 0 Å². The molecule has 0 aromatic heterocycles. The van der Waals surface area contributed by atoms with Crippen molar-refractivity contribution in [3.8, 4) is 0 Å². The Bertz CT molecular complexity index is 484. The summed E-state index contributed by atoms with van der Waals surface area (Å²) in [6, 6.07) is 6.57. The fourth-order valence-electron chi connectivity index (χ4n) is 3.03. The molecular formula is C17H25FN2O2. The van der Waals surface area contributed by atoms with Crippen LogP contribution in [0.3, 0.4) is 0 Å². The van der Waals surface area contributed by atoms with E-state index < -0.39 is 0 Å². The summed E-state index contributed by atoms with van der Waals surface area (Å²) in [7, 11) is 1.92. The van der Waals surface area contributed by atoms with Gasteiger partial charge in [-0.15, -0.1) is 0 Å². The van der Waals surface area contributed by atoms with E-state index in [0.29, 0.717) is 32.5 Å². The van der Waals surface area contributed by atoms with Crippen LogP contribution < -0.4 is 0 Å². The van der Waals surface area contributed by atoms with Crippen molar-refractivity contribution in [2.24, 2.45) is 0 Å². The van der Waals surface area contributed by atoms with Gasteiger partial charge in [-0.2, -0.15) is 0 Å². The second-order valence-corrected chi connectivity index (χ2v) is 6.00. The molecule has 1 unspecified atom stereocenters. The molecule has 1 amide bonds. The molecule has 1 aromatic rings. The summed E-state index contributed by atoms with van der Waals surface area (Å²) in [5.41, 5.74) is 1.02. The van der Waals surface area contributed by atoms with Crippen LogP contribution in [-0.4, -0.2) is 53.6 Å². The van der Waals surface area contributed by atoms with Gasteiger partial charge in [0.05, 0.1) is 12.6 Å². The van der Waals surface area contributed by atoms with Crippen LogP contribution in [0.25, 0.3) is 0 Å². The van der Waals surface area contributed by atoms with E-state index in [4.69, 9.17) is 0 Å². The highest BCUT2D eigenvalue weighted by Gasteiger charge is 2.24. The molecule has 0 spiro atoms. The zero-order chi connectivity index (χ0) is 16.1. The van der Waals surface area contributed by atoms with Crippen molar-refractivity contribution in [3.63, 3.8) is 0 Å². The van der Waals surface area contributed by atoms with Crippen molar-refractivity contribution in [1.82, 2.24) is 9.80 Å². The third kappa shape index (κ3) is 4.27. The number of hydrogen-bond acceptors (Lipinski definition) is 3. The lowest BCUT2D eigenvalue weighted by Crippen LogP contribution is -2.45. The molecule has 0 bridgehead atoms. The molecule has 1 aliphatic rings. The first-order valence-electron chi connectivity index (χ1n) is 7.92. The topological polar surface area (TPSA) is 43.8 Å². The van der Waals surface area contributed by atoms with Crippen LogP contribution in [0.15, 0.2) is 24.3 Å². The summed E-state index contributed by atoms with van der Waals surface area (Å²) < 4.78 is 13.0. The SMILES string of the molecule is CCC(c1ccc(F)cc1)N(C)CC(=O)N1CCC(O)CC1. The Morgan fingerprint density at radius 3 is 2.50 bits per heavy atom. The highest BCUT2D eigenvalue weighted by Crippen LogP contribution is 2.23. The molecule has 2 rings (SSSR count). The molecule has 1 aliphatic heterocycles. The van der Waals surface area contributed by atoms with Gasteiger partial charge in [-0.05, 0) is 44.0 Å². The lowest BCUT2D eigenvalue weighted by molar-refractivity contribution is -0.134. The lowest BCUT2D eigenvalue weighted by atomic mass is 10.0. The predicted molar refractivity (Wildman–Crippen MR) is 83.9 cm³/mol. The zero-order valence-electron chi connectivity index (χ0n) is 13.3. The molecule has 22 heavy (non-hydrogen) atoms. The average molecular weight is 308 g/mol. The van der Waals surface area contributed by atoms with Crippen molar-refractivity contribution in [1.29, 1.82) is 0 Å². The molecule has 4 nitrogen and oxygen atoms in total. The van der Waals surface area contributed by atoms with E-state index in [-0.39, 0.29) is 23.9 Å². The minimum Gasteiger partial charge on any atom is -0.393 e. The fourth-order valence-corrected chi connectivity index (χ4v) is 3.03. The molecule has 0 radical (unpaired) electrons. The van der Waals surface area contributed by atoms with Gasteiger partial charge in [0.2, 0.25) is 5.91 Å². The molecule has 1 atom stereocenters. The lowest BCUT2D eigenvalue weighted by Gasteiger charge is -2.33. The van der Waals surface area contributed by atoms with Crippen molar-refractivity contribution in [2.45, 2.75) is 38.3 Å². The number of hydrogen-bond donors (Lipinski definition) is 1. The van der Waals surface area contributed by atoms with Gasteiger partial charge >= 0.3 is 0 Å². The molecule has 1 fully saturated rings. The second kappa shape index (κ2) is 7.70. The summed E-state index contributed by atoms with van der Waals surface area (Å²) in [6.07, 6.45) is 1.90. The van der Waals surface area contributed by atoms with Gasteiger partial charge in [0.25, 0.3) is 0 Å². The van der Waals surface area contributed by atoms with Gasteiger partial charge in [-0.25, -0.2) is 4.39 Å². The number of carbonyl (C=O) groups excluding carboxylic acids is 1. The molecule has 1 heterocycles. The standard InChI is InChI=1S/C17H25FN2O2/c1-3-16(13-4-6-14(18)7-5-13)19(2)12-17(22)20-10-8-15(21)9-11-20/h4-7,15-16,21H,3,8-12H2,1-2H3. The summed E-state index contributed by atoms with van der Waals surface area (Å²) in [5.74, 6) is -0.154. The molecule has 5 heteroatoms. The maximum absolute atomic E-state index is 13.0. The zero-order valence-corrected chi connectivity index (χ0v) is 13.3. The van der Waals surface area contributed by atoms with Crippen LogP contribution >= 0.6 is 0 Å². The van der Waals surface area contributed by atoms with Gasteiger partial charge in [-0.3, -0.25) is 9.69 Å². The Morgan fingerprint density at radius 1 is 1.36 bits per heavy atom. The minimum absolute atomic E-state index is 0.0926. The Labute approximate surface area is 131 Å². The highest BCUT2D eigenvalue weighted by atomic mass is 19.1. The minimum atomic E-state index is -0.274. The first-order chi connectivity index (χ1) is 10.5. The monoisotopic (exact) mass is 308 g/mol. The summed E-state index contributed by atoms with van der Waals surface area (Å²) in [6.45, 7) is 3.65. The largest absolute Gasteiger partial charge is 0.393 e. The number of amides is 1. The number of piperidine rings is 1. The van der Waals surface area contributed by atoms with E-state index in [9.17, 15) is 14.3 Å². The van der Waals surface area contributed by atoms with E-state index in [1.165, 1.54) is 12.1 Å². The van der Waals surface area contributed by atoms with Crippen LogP contribution in [0.5, 0.6) is 0 Å². The number of halogens is 1. The Morgan fingerprint density at radius 2 is 1.95 bits per heavy atom. The van der Waals surface area contributed by atoms with Crippen molar-refractivity contribution < 1.29 is 14.3 Å². The third-order valence-electron chi connectivity index (χ3n) is 4.38. The smallest absolute Gasteiger partial charge is 0.236 e. The van der Waals surface area contributed by atoms with Crippen molar-refractivity contribution in [3.05, 3.63) is 35.6 Å². The van der Waals surface area contributed by atoms with Gasteiger partial charge < -0.3 is 10.0 Å². The number of rotatable bonds is 5. The number of benzene rings is 1. The van der Waals surface area contributed by atoms with E-state index in [1.807, 2.05) is 16.8 Å². The number of nitrogens with zero attached hydrogens (tertiary/aromatic N) is 2. The average Bonchev–Trinajstić information content (AvgIpc) is 2.50. The molecule has 122 valence electrons. The molecule has 1 saturated heterocycles. The van der Waals surface area contributed by atoms with Crippen molar-refractivity contribution >= 4 is 5.91 Å². The Kier molecular flexibility index (Phi) is 5.91. The Balaban J connectivity index is 1.95. The maximum Gasteiger partial charge on any atom is 0.236 e. The van der Waals surface area contributed by atoms with Crippen LogP contribution in [0.4, 0.5) is 4.39 Å². The summed E-state index contributed by atoms with van der Waals surface area (Å²) in [4.78, 5) is 16.2. The van der Waals surface area contributed by atoms with Gasteiger partial charge in [0.15, 0.2) is 0 Å². The predicted octanol–water partition coefficient (Wildman–Crippen LogP) is 2.19. The van der Waals surface area contributed by atoms with Crippen LogP contribution in [-0.2, 0) is 4.79 Å².